The van der Waals surface area contributed by atoms with E-state index in [1.54, 1.807) is 12.3 Å². The summed E-state index contributed by atoms with van der Waals surface area (Å²) in [5, 5.41) is 12.5. The van der Waals surface area contributed by atoms with Gasteiger partial charge < -0.3 is 10.1 Å². The second-order valence-corrected chi connectivity index (χ2v) is 10.5. The largest absolute Gasteiger partial charge is 0.470 e. The van der Waals surface area contributed by atoms with E-state index in [1.807, 2.05) is 41.0 Å². The zero-order chi connectivity index (χ0) is 28.5. The van der Waals surface area contributed by atoms with Crippen LogP contribution < -0.4 is 10.1 Å². The molecule has 5 aromatic rings. The van der Waals surface area contributed by atoms with Crippen LogP contribution in [0.2, 0.25) is 0 Å². The first kappa shape index (κ1) is 25.8. The van der Waals surface area contributed by atoms with Crippen LogP contribution in [0.1, 0.15) is 24.2 Å². The molecule has 7 rings (SSSR count). The van der Waals surface area contributed by atoms with Gasteiger partial charge in [-0.3, -0.25) is 14.5 Å². The number of likely N-dealkylation sites (tertiary alicyclic amines) is 1. The Labute approximate surface area is 242 Å². The van der Waals surface area contributed by atoms with Gasteiger partial charge >= 0.3 is 0 Å². The van der Waals surface area contributed by atoms with Gasteiger partial charge in [-0.2, -0.15) is 5.26 Å². The first-order valence-electron chi connectivity index (χ1n) is 13.9. The topological polar surface area (TPSA) is 105 Å². The van der Waals surface area contributed by atoms with Gasteiger partial charge in [-0.1, -0.05) is 54.6 Å². The SMILES string of the molecule is N#Cc1nccc(NC2CCN(Cc3ccc(-c4nc5n(c4-c4ccccc4)COc4cncc(F)c4-5)cc3)CC2)n1. The molecule has 0 aliphatic carbocycles. The Kier molecular flexibility index (Phi) is 6.78. The predicted octanol–water partition coefficient (Wildman–Crippen LogP) is 5.51. The van der Waals surface area contributed by atoms with Gasteiger partial charge in [-0.05, 0) is 24.5 Å². The van der Waals surface area contributed by atoms with E-state index in [9.17, 15) is 4.39 Å². The van der Waals surface area contributed by atoms with Crippen molar-refractivity contribution < 1.29 is 9.13 Å². The van der Waals surface area contributed by atoms with E-state index >= 15 is 0 Å². The smallest absolute Gasteiger partial charge is 0.234 e. The number of fused-ring (bicyclic) bond motifs is 3. The van der Waals surface area contributed by atoms with Crippen molar-refractivity contribution in [3.05, 3.63) is 96.5 Å². The molecule has 10 heteroatoms. The van der Waals surface area contributed by atoms with Gasteiger partial charge in [0.05, 0.1) is 29.3 Å². The quantitative estimate of drug-likeness (QED) is 0.291. The van der Waals surface area contributed by atoms with E-state index in [-0.39, 0.29) is 12.6 Å². The molecule has 0 saturated carbocycles. The molecule has 0 unspecified atom stereocenters. The molecule has 0 amide bonds. The van der Waals surface area contributed by atoms with Crippen molar-refractivity contribution in [1.29, 1.82) is 5.26 Å². The number of nitrogens with one attached hydrogen (secondary N) is 1. The summed E-state index contributed by atoms with van der Waals surface area (Å²) in [6.07, 6.45) is 6.31. The Morgan fingerprint density at radius 1 is 0.976 bits per heavy atom. The fourth-order valence-electron chi connectivity index (χ4n) is 5.70. The molecule has 0 radical (unpaired) electrons. The summed E-state index contributed by atoms with van der Waals surface area (Å²) in [5.74, 6) is 1.35. The first-order chi connectivity index (χ1) is 20.7. The van der Waals surface area contributed by atoms with Crippen molar-refractivity contribution in [3.8, 4) is 45.7 Å². The summed E-state index contributed by atoms with van der Waals surface area (Å²) in [6, 6.07) is 22.6. The highest BCUT2D eigenvalue weighted by Crippen LogP contribution is 2.42. The summed E-state index contributed by atoms with van der Waals surface area (Å²) in [5.41, 5.74) is 5.17. The number of hydrogen-bond acceptors (Lipinski definition) is 8. The van der Waals surface area contributed by atoms with Crippen LogP contribution in [-0.4, -0.2) is 48.5 Å². The average molecular weight is 559 g/mol. The summed E-state index contributed by atoms with van der Waals surface area (Å²) in [6.45, 7) is 3.00. The molecule has 2 aromatic carbocycles. The Morgan fingerprint density at radius 3 is 2.57 bits per heavy atom. The number of anilines is 1. The van der Waals surface area contributed by atoms with Gasteiger partial charge in [0.2, 0.25) is 5.82 Å². The third-order valence-corrected chi connectivity index (χ3v) is 7.78. The van der Waals surface area contributed by atoms with Crippen molar-refractivity contribution in [2.24, 2.45) is 0 Å². The van der Waals surface area contributed by atoms with E-state index in [1.165, 1.54) is 18.0 Å². The third-order valence-electron chi connectivity index (χ3n) is 7.78. The molecule has 5 heterocycles. The second-order valence-electron chi connectivity index (χ2n) is 10.5. The number of pyridine rings is 1. The summed E-state index contributed by atoms with van der Waals surface area (Å²) < 4.78 is 22.7. The minimum absolute atomic E-state index is 0.176. The number of imidazole rings is 1. The summed E-state index contributed by atoms with van der Waals surface area (Å²) in [7, 11) is 0. The number of nitrogens with zero attached hydrogens (tertiary/aromatic N) is 7. The highest BCUT2D eigenvalue weighted by atomic mass is 19.1. The van der Waals surface area contributed by atoms with Gasteiger partial charge in [0.1, 0.15) is 11.9 Å². The molecule has 1 fully saturated rings. The van der Waals surface area contributed by atoms with Crippen LogP contribution >= 0.6 is 0 Å². The van der Waals surface area contributed by atoms with Crippen LogP contribution in [0.25, 0.3) is 33.9 Å². The molecule has 0 spiro atoms. The molecule has 42 heavy (non-hydrogen) atoms. The highest BCUT2D eigenvalue weighted by molar-refractivity contribution is 5.83. The number of ether oxygens (including phenoxy) is 1. The number of nitriles is 1. The number of hydrogen-bond donors (Lipinski definition) is 1. The second kappa shape index (κ2) is 11.0. The standard InChI is InChI=1S/C32H27FN8O/c33-25-17-35-18-26-29(25)32-39-30(31(41(32)20-42-26)23-4-2-1-3-5-23)22-8-6-21(7-9-22)19-40-14-11-24(12-15-40)37-27-10-13-36-28(16-34)38-27/h1-10,13,17-18,24H,11-12,14-15,19-20H2,(H,36,37,38). The molecule has 2 aliphatic heterocycles. The molecule has 208 valence electrons. The first-order valence-corrected chi connectivity index (χ1v) is 13.9. The van der Waals surface area contributed by atoms with Crippen LogP contribution in [0.15, 0.2) is 79.3 Å². The molecule has 3 aromatic heterocycles. The molecular formula is C32H27FN8O. The zero-order valence-corrected chi connectivity index (χ0v) is 22.7. The van der Waals surface area contributed by atoms with E-state index in [0.717, 1.165) is 55.0 Å². The summed E-state index contributed by atoms with van der Waals surface area (Å²) in [4.78, 5) is 19.5. The molecule has 9 nitrogen and oxygen atoms in total. The Balaban J connectivity index is 1.10. The molecule has 0 bridgehead atoms. The lowest BCUT2D eigenvalue weighted by molar-refractivity contribution is 0.211. The van der Waals surface area contributed by atoms with Crippen molar-refractivity contribution >= 4 is 5.82 Å². The van der Waals surface area contributed by atoms with E-state index in [2.05, 4.69) is 49.4 Å². The predicted molar refractivity (Wildman–Crippen MR) is 156 cm³/mol. The minimum Gasteiger partial charge on any atom is -0.470 e. The van der Waals surface area contributed by atoms with Gasteiger partial charge in [0.15, 0.2) is 24.1 Å². The number of halogens is 1. The Hall–Kier alpha value is -5.14. The zero-order valence-electron chi connectivity index (χ0n) is 22.7. The van der Waals surface area contributed by atoms with Crippen LogP contribution in [-0.2, 0) is 13.3 Å². The third kappa shape index (κ3) is 4.95. The lowest BCUT2D eigenvalue weighted by Crippen LogP contribution is -2.38. The van der Waals surface area contributed by atoms with Crippen LogP contribution in [0.5, 0.6) is 5.75 Å². The van der Waals surface area contributed by atoms with E-state index in [4.69, 9.17) is 15.0 Å². The maximum absolute atomic E-state index is 14.9. The van der Waals surface area contributed by atoms with Crippen LogP contribution in [0.4, 0.5) is 10.2 Å². The fourth-order valence-corrected chi connectivity index (χ4v) is 5.70. The van der Waals surface area contributed by atoms with Gasteiger partial charge in [-0.15, -0.1) is 0 Å². The van der Waals surface area contributed by atoms with Gasteiger partial charge in [0, 0.05) is 43.0 Å². The molecule has 2 aliphatic rings. The molecular weight excluding hydrogens is 531 g/mol. The van der Waals surface area contributed by atoms with Gasteiger partial charge in [-0.25, -0.2) is 19.3 Å². The van der Waals surface area contributed by atoms with E-state index < -0.39 is 5.82 Å². The minimum atomic E-state index is -0.456. The maximum atomic E-state index is 14.9. The fraction of sp³-hybridized carbons (Fsp3) is 0.219. The van der Waals surface area contributed by atoms with Crippen molar-refractivity contribution in [2.75, 3.05) is 18.4 Å². The van der Waals surface area contributed by atoms with Crippen molar-refractivity contribution in [3.63, 3.8) is 0 Å². The van der Waals surface area contributed by atoms with Crippen LogP contribution in [0.3, 0.4) is 0 Å². The average Bonchev–Trinajstić information content (AvgIpc) is 3.43. The lowest BCUT2D eigenvalue weighted by atomic mass is 10.0. The maximum Gasteiger partial charge on any atom is 0.234 e. The van der Waals surface area contributed by atoms with Crippen molar-refractivity contribution in [1.82, 2.24) is 29.4 Å². The Bertz CT molecular complexity index is 1770. The molecule has 1 N–H and O–H groups in total. The van der Waals surface area contributed by atoms with E-state index in [0.29, 0.717) is 29.0 Å². The monoisotopic (exact) mass is 558 g/mol. The normalized spacial score (nSPS) is 14.9. The Morgan fingerprint density at radius 2 is 1.79 bits per heavy atom. The lowest BCUT2D eigenvalue weighted by Gasteiger charge is -2.32. The molecule has 1 saturated heterocycles. The highest BCUT2D eigenvalue weighted by Gasteiger charge is 2.29. The van der Waals surface area contributed by atoms with Gasteiger partial charge in [0.25, 0.3) is 0 Å². The number of rotatable bonds is 6. The summed E-state index contributed by atoms with van der Waals surface area (Å²) >= 11 is 0. The number of benzene rings is 2. The number of piperidine rings is 1. The molecule has 0 atom stereocenters. The number of aromatic nitrogens is 5. The van der Waals surface area contributed by atoms with Crippen LogP contribution in [0, 0.1) is 17.1 Å². The van der Waals surface area contributed by atoms with Crippen molar-refractivity contribution in [2.45, 2.75) is 32.2 Å².